The number of ether oxygens (including phenoxy) is 1. The van der Waals surface area contributed by atoms with Crippen LogP contribution in [0.5, 0.6) is 0 Å². The fraction of sp³-hybridized carbons (Fsp3) is 0.462. The lowest BCUT2D eigenvalue weighted by molar-refractivity contribution is -0.121. The number of carbonyl (C=O) groups is 1. The molecule has 1 aromatic carbocycles. The highest BCUT2D eigenvalue weighted by Crippen LogP contribution is 2.20. The molecule has 7 nitrogen and oxygen atoms in total. The molecule has 1 aromatic rings. The van der Waals surface area contributed by atoms with Crippen molar-refractivity contribution in [2.45, 2.75) is 18.9 Å². The fourth-order valence-corrected chi connectivity index (χ4v) is 2.53. The molecule has 116 valence electrons. The molecule has 1 amide bonds. The van der Waals surface area contributed by atoms with Crippen LogP contribution in [0.4, 0.5) is 11.4 Å². The van der Waals surface area contributed by atoms with Crippen LogP contribution in [0.25, 0.3) is 0 Å². The minimum Gasteiger partial charge on any atom is -0.379 e. The number of sulfonamides is 1. The Morgan fingerprint density at radius 2 is 1.95 bits per heavy atom. The maximum absolute atomic E-state index is 12.1. The predicted molar refractivity (Wildman–Crippen MR) is 80.5 cm³/mol. The second-order valence-corrected chi connectivity index (χ2v) is 7.01. The summed E-state index contributed by atoms with van der Waals surface area (Å²) in [5.74, 6) is -0.303. The molecule has 0 spiro atoms. The van der Waals surface area contributed by atoms with E-state index in [2.05, 4.69) is 10.0 Å². The molecule has 1 atom stereocenters. The smallest absolute Gasteiger partial charge is 0.246 e. The van der Waals surface area contributed by atoms with Crippen LogP contribution in [0.3, 0.4) is 0 Å². The molecule has 4 N–H and O–H groups in total. The molecule has 2 rings (SSSR count). The zero-order valence-electron chi connectivity index (χ0n) is 11.8. The molecule has 1 aliphatic rings. The summed E-state index contributed by atoms with van der Waals surface area (Å²) < 4.78 is 30.4. The molecule has 1 fully saturated rings. The molecule has 8 heteroatoms. The van der Waals surface area contributed by atoms with Crippen LogP contribution in [0.2, 0.25) is 0 Å². The first-order valence-corrected chi connectivity index (χ1v) is 8.28. The number of carbonyl (C=O) groups excluding carboxylic acids is 1. The van der Waals surface area contributed by atoms with Gasteiger partial charge in [0.1, 0.15) is 5.54 Å². The van der Waals surface area contributed by atoms with Gasteiger partial charge in [-0.15, -0.1) is 0 Å². The van der Waals surface area contributed by atoms with Gasteiger partial charge in [-0.25, -0.2) is 8.42 Å². The van der Waals surface area contributed by atoms with Crippen LogP contribution in [0, 0.1) is 0 Å². The zero-order chi connectivity index (χ0) is 15.5. The topological polar surface area (TPSA) is 111 Å². The van der Waals surface area contributed by atoms with Crippen molar-refractivity contribution in [1.29, 1.82) is 0 Å². The number of benzene rings is 1. The molecule has 0 radical (unpaired) electrons. The van der Waals surface area contributed by atoms with Gasteiger partial charge >= 0.3 is 0 Å². The van der Waals surface area contributed by atoms with E-state index >= 15 is 0 Å². The summed E-state index contributed by atoms with van der Waals surface area (Å²) in [5, 5.41) is 2.71. The van der Waals surface area contributed by atoms with Crippen molar-refractivity contribution in [3.8, 4) is 0 Å². The molecule has 1 aliphatic heterocycles. The lowest BCUT2D eigenvalue weighted by atomic mass is 9.99. The van der Waals surface area contributed by atoms with Gasteiger partial charge in [0.25, 0.3) is 0 Å². The highest BCUT2D eigenvalue weighted by molar-refractivity contribution is 7.92. The van der Waals surface area contributed by atoms with E-state index in [9.17, 15) is 13.2 Å². The van der Waals surface area contributed by atoms with E-state index in [1.165, 1.54) is 0 Å². The normalized spacial score (nSPS) is 22.0. The van der Waals surface area contributed by atoms with Crippen molar-refractivity contribution in [3.63, 3.8) is 0 Å². The van der Waals surface area contributed by atoms with Crippen LogP contribution in [-0.4, -0.2) is 38.8 Å². The maximum Gasteiger partial charge on any atom is 0.246 e. The highest BCUT2D eigenvalue weighted by atomic mass is 32.2. The van der Waals surface area contributed by atoms with E-state index in [0.717, 1.165) is 0 Å². The Kier molecular flexibility index (Phi) is 4.50. The Hall–Kier alpha value is -1.64. The number of rotatable bonds is 5. The van der Waals surface area contributed by atoms with E-state index in [1.54, 1.807) is 31.2 Å². The summed E-state index contributed by atoms with van der Waals surface area (Å²) in [4.78, 5) is 12.1. The first-order valence-electron chi connectivity index (χ1n) is 6.63. The number of anilines is 2. The average Bonchev–Trinajstić information content (AvgIpc) is 2.89. The number of amides is 1. The van der Waals surface area contributed by atoms with Gasteiger partial charge in [-0.3, -0.25) is 9.52 Å². The van der Waals surface area contributed by atoms with Crippen molar-refractivity contribution < 1.29 is 17.9 Å². The second-order valence-electron chi connectivity index (χ2n) is 5.00. The predicted octanol–water partition coefficient (Wildman–Crippen LogP) is 0.504. The lowest BCUT2D eigenvalue weighted by Gasteiger charge is -2.20. The highest BCUT2D eigenvalue weighted by Gasteiger charge is 2.38. The minimum absolute atomic E-state index is 0.00117. The third-order valence-corrected chi connectivity index (χ3v) is 4.61. The van der Waals surface area contributed by atoms with Crippen molar-refractivity contribution in [3.05, 3.63) is 24.3 Å². The SMILES string of the molecule is CCS(=O)(=O)Nc1ccc(NC(=O)C2(N)CCOC2)cc1. The fourth-order valence-electron chi connectivity index (χ4n) is 1.89. The summed E-state index contributed by atoms with van der Waals surface area (Å²) in [5.41, 5.74) is 5.95. The molecule has 1 saturated heterocycles. The summed E-state index contributed by atoms with van der Waals surface area (Å²) in [6.45, 7) is 2.23. The third-order valence-electron chi connectivity index (χ3n) is 3.30. The molecule has 1 heterocycles. The summed E-state index contributed by atoms with van der Waals surface area (Å²) in [7, 11) is -3.31. The molecule has 0 bridgehead atoms. The van der Waals surface area contributed by atoms with Crippen molar-refractivity contribution in [2.75, 3.05) is 29.0 Å². The van der Waals surface area contributed by atoms with Gasteiger partial charge in [0.2, 0.25) is 15.9 Å². The molecular formula is C13H19N3O4S. The van der Waals surface area contributed by atoms with Crippen LogP contribution in [0.15, 0.2) is 24.3 Å². The monoisotopic (exact) mass is 313 g/mol. The Balaban J connectivity index is 2.01. The van der Waals surface area contributed by atoms with Gasteiger partial charge in [0.05, 0.1) is 12.4 Å². The van der Waals surface area contributed by atoms with Crippen LogP contribution >= 0.6 is 0 Å². The van der Waals surface area contributed by atoms with Crippen LogP contribution in [-0.2, 0) is 19.6 Å². The van der Waals surface area contributed by atoms with Crippen molar-refractivity contribution >= 4 is 27.3 Å². The largest absolute Gasteiger partial charge is 0.379 e. The number of nitrogens with two attached hydrogens (primary N) is 1. The number of nitrogens with one attached hydrogen (secondary N) is 2. The maximum atomic E-state index is 12.1. The van der Waals surface area contributed by atoms with Crippen molar-refractivity contribution in [1.82, 2.24) is 0 Å². The average molecular weight is 313 g/mol. The molecule has 0 aromatic heterocycles. The Morgan fingerprint density at radius 3 is 2.48 bits per heavy atom. The van der Waals surface area contributed by atoms with Gasteiger partial charge in [-0.2, -0.15) is 0 Å². The Bertz CT molecular complexity index is 607. The molecule has 21 heavy (non-hydrogen) atoms. The summed E-state index contributed by atoms with van der Waals surface area (Å²) in [6, 6.07) is 6.39. The molecule has 0 aliphatic carbocycles. The van der Waals surface area contributed by atoms with Crippen molar-refractivity contribution in [2.24, 2.45) is 5.73 Å². The van der Waals surface area contributed by atoms with E-state index in [0.29, 0.717) is 24.4 Å². The van der Waals surface area contributed by atoms with Gasteiger partial charge in [-0.1, -0.05) is 0 Å². The molecule has 1 unspecified atom stereocenters. The zero-order valence-corrected chi connectivity index (χ0v) is 12.6. The summed E-state index contributed by atoms with van der Waals surface area (Å²) in [6.07, 6.45) is 0.479. The Labute approximate surface area is 123 Å². The van der Waals surface area contributed by atoms with Gasteiger partial charge < -0.3 is 15.8 Å². The first kappa shape index (κ1) is 15.7. The lowest BCUT2D eigenvalue weighted by Crippen LogP contribution is -2.51. The van der Waals surface area contributed by atoms with Gasteiger partial charge in [0, 0.05) is 18.0 Å². The van der Waals surface area contributed by atoms with Gasteiger partial charge in [0.15, 0.2) is 0 Å². The van der Waals surface area contributed by atoms with E-state index < -0.39 is 15.6 Å². The Morgan fingerprint density at radius 1 is 1.33 bits per heavy atom. The second kappa shape index (κ2) is 6.00. The van der Waals surface area contributed by atoms with E-state index in [4.69, 9.17) is 10.5 Å². The standard InChI is InChI=1S/C13H19N3O4S/c1-2-21(18,19)16-11-5-3-10(4-6-11)15-12(17)13(14)7-8-20-9-13/h3-6,16H,2,7-9,14H2,1H3,(H,15,17). The molecule has 0 saturated carbocycles. The van der Waals surface area contributed by atoms with E-state index in [1.807, 2.05) is 0 Å². The summed E-state index contributed by atoms with van der Waals surface area (Å²) >= 11 is 0. The molecular weight excluding hydrogens is 294 g/mol. The van der Waals surface area contributed by atoms with Gasteiger partial charge in [-0.05, 0) is 37.6 Å². The quantitative estimate of drug-likeness (QED) is 0.733. The minimum atomic E-state index is -3.31. The number of hydrogen-bond acceptors (Lipinski definition) is 5. The third kappa shape index (κ3) is 3.93. The van der Waals surface area contributed by atoms with Crippen LogP contribution < -0.4 is 15.8 Å². The first-order chi connectivity index (χ1) is 9.85. The number of hydrogen-bond donors (Lipinski definition) is 3. The van der Waals surface area contributed by atoms with Crippen LogP contribution in [0.1, 0.15) is 13.3 Å². The van der Waals surface area contributed by atoms with E-state index in [-0.39, 0.29) is 18.3 Å².